The summed E-state index contributed by atoms with van der Waals surface area (Å²) >= 11 is 0. The van der Waals surface area contributed by atoms with Crippen molar-refractivity contribution in [1.82, 2.24) is 36.3 Å². The van der Waals surface area contributed by atoms with Crippen molar-refractivity contribution in [2.75, 3.05) is 52.0 Å². The molecule has 7 rings (SSSR count). The lowest BCUT2D eigenvalue weighted by atomic mass is 9.82. The minimum absolute atomic E-state index is 0.284. The molecule has 81 heavy (non-hydrogen) atoms. The second kappa shape index (κ2) is 24.9. The highest BCUT2D eigenvalue weighted by Gasteiger charge is 2.57. The molecule has 4 heterocycles. The quantitative estimate of drug-likeness (QED) is 0.0237. The Morgan fingerprint density at radius 2 is 1.31 bits per heavy atom. The van der Waals surface area contributed by atoms with Gasteiger partial charge in [0.1, 0.15) is 29.5 Å². The second-order valence-electron chi connectivity index (χ2n) is 21.6. The van der Waals surface area contributed by atoms with Crippen molar-refractivity contribution in [2.24, 2.45) is 16.7 Å². The van der Waals surface area contributed by atoms with Crippen LogP contribution in [-0.4, -0.2) is 158 Å². The minimum atomic E-state index is -5.21. The van der Waals surface area contributed by atoms with E-state index in [0.717, 1.165) is 59.2 Å². The number of hydrazine groups is 1. The van der Waals surface area contributed by atoms with Gasteiger partial charge in [-0.2, -0.15) is 26.3 Å². The number of ether oxygens (including phenoxy) is 4. The molecule has 3 aliphatic heterocycles. The van der Waals surface area contributed by atoms with Crippen molar-refractivity contribution >= 4 is 41.6 Å². The van der Waals surface area contributed by atoms with Gasteiger partial charge < -0.3 is 44.9 Å². The number of anilines is 1. The number of alkyl carbamates (subject to hydrolysis) is 2. The van der Waals surface area contributed by atoms with Crippen molar-refractivity contribution < 1.29 is 78.4 Å². The summed E-state index contributed by atoms with van der Waals surface area (Å²) in [6.07, 6.45) is -10.8. The molecule has 7 N–H and O–H groups in total. The van der Waals surface area contributed by atoms with Crippen LogP contribution in [0.25, 0.3) is 0 Å². The van der Waals surface area contributed by atoms with Crippen LogP contribution in [0.5, 0.6) is 0 Å². The predicted molar refractivity (Wildman–Crippen MR) is 275 cm³/mol. The maximum absolute atomic E-state index is 16.0. The van der Waals surface area contributed by atoms with E-state index in [1.165, 1.54) is 12.1 Å². The first-order valence-corrected chi connectivity index (χ1v) is 25.9. The number of fused-ring (bicyclic) bond motifs is 2. The van der Waals surface area contributed by atoms with E-state index in [-0.39, 0.29) is 11.8 Å². The summed E-state index contributed by atoms with van der Waals surface area (Å²) in [7, 11) is 1.63. The van der Waals surface area contributed by atoms with Gasteiger partial charge in [-0.15, -0.1) is 0 Å². The average Bonchev–Trinajstić information content (AvgIpc) is 4.45. The molecule has 27 heteroatoms. The van der Waals surface area contributed by atoms with Crippen LogP contribution < -0.4 is 26.3 Å². The topological polar surface area (TPSA) is 244 Å². The highest BCUT2D eigenvalue weighted by Crippen LogP contribution is 2.42. The zero-order chi connectivity index (χ0) is 59.4. The molecule has 6 atom stereocenters. The first-order chi connectivity index (χ1) is 38.0. The van der Waals surface area contributed by atoms with Crippen molar-refractivity contribution in [1.29, 1.82) is 10.8 Å². The minimum Gasteiger partial charge on any atom is -0.453 e. The number of halogens is 8. The van der Waals surface area contributed by atoms with Crippen LogP contribution in [0.15, 0.2) is 54.7 Å². The molecule has 1 saturated carbocycles. The van der Waals surface area contributed by atoms with Crippen molar-refractivity contribution in [3.63, 3.8) is 0 Å². The second-order valence-corrected chi connectivity index (χ2v) is 21.6. The fraction of sp³-hybridized carbons (Fsp3) is 0.537. The number of amides is 4. The van der Waals surface area contributed by atoms with E-state index < -0.39 is 120 Å². The Morgan fingerprint density at radius 1 is 0.778 bits per heavy atom. The fourth-order valence-corrected chi connectivity index (χ4v) is 9.66. The number of methoxy groups -OCH3 is 2. The van der Waals surface area contributed by atoms with Crippen LogP contribution in [0.1, 0.15) is 81.2 Å². The van der Waals surface area contributed by atoms with Gasteiger partial charge in [0.25, 0.3) is 5.91 Å². The number of hydrogen-bond acceptors (Lipinski definition) is 15. The molecule has 2 bridgehead atoms. The highest BCUT2D eigenvalue weighted by molar-refractivity contribution is 6.00. The first-order valence-electron chi connectivity index (χ1n) is 25.9. The summed E-state index contributed by atoms with van der Waals surface area (Å²) in [5.41, 5.74) is -4.09. The predicted octanol–water partition coefficient (Wildman–Crippen LogP) is 6.09. The Balaban J connectivity index is 1.17. The van der Waals surface area contributed by atoms with E-state index in [4.69, 9.17) is 20.3 Å². The molecule has 1 aliphatic carbocycles. The number of nitrogens with zero attached hydrogens (tertiary/aromatic N) is 4. The standard InChI is InChI=1S/C54H64F8N10O9/c1-51(2,53(57,58)59)43(67-49(76)78-5)47(74)66-40(19-30-10-7-29(8-11-30)9-12-31-13-18-42(65-22-31)70-23-34-16-17-35(24-70)72(34)36-27-80-28-36)41(73)26-71(69-48(75)44(68-50(77)79-6)52(3,4)54(60,61)62)25-37-38(55)20-33(21-39(37)56)46(64)81-45(63)32-14-15-32/h7-8,10-11,13,18,20-22,32,34-36,40-41,43-44,63-64,73H,14-17,19,23-28H2,1-6H3,(H,66,74)(H,67,76)(H,68,77)(H,69,75)/t34?,35?,40-,41-,43+,44+/m0/s1. The lowest BCUT2D eigenvalue weighted by Gasteiger charge is -2.47. The van der Waals surface area contributed by atoms with E-state index in [1.54, 1.807) is 23.6 Å². The van der Waals surface area contributed by atoms with E-state index in [0.29, 0.717) is 92.5 Å². The van der Waals surface area contributed by atoms with Crippen LogP contribution in [0.4, 0.5) is 50.5 Å². The van der Waals surface area contributed by atoms with Gasteiger partial charge in [0, 0.05) is 72.6 Å². The summed E-state index contributed by atoms with van der Waals surface area (Å²) < 4.78 is 139. The molecular formula is C54H64F8N10O9. The van der Waals surface area contributed by atoms with Gasteiger partial charge in [-0.05, 0) is 102 Å². The molecule has 4 amide bonds. The Bertz CT molecular complexity index is 2840. The molecule has 3 aromatic rings. The number of aromatic nitrogens is 1. The third-order valence-electron chi connectivity index (χ3n) is 15.1. The fourth-order valence-electron chi connectivity index (χ4n) is 9.66. The summed E-state index contributed by atoms with van der Waals surface area (Å²) in [6.45, 7) is 3.31. The molecule has 2 unspecified atom stereocenters. The highest BCUT2D eigenvalue weighted by atomic mass is 19.4. The number of rotatable bonds is 19. The van der Waals surface area contributed by atoms with Gasteiger partial charge in [-0.3, -0.25) is 30.7 Å². The number of carbonyl (C=O) groups excluding carboxylic acids is 4. The SMILES string of the molecule is COC(=O)N[C@H](C(=O)N[C@@H](Cc1ccc(C#Cc2ccc(N3CC4CCC(C3)N4C3COC3)nc2)cc1)[C@@H](O)CN(Cc1c(F)cc(C(=N)OC(=N)C2CC2)cc1F)NC(=O)[C@@H](NC(=O)OC)C(C)(C)C(F)(F)F)C(C)(C)C(F)(F)F. The van der Waals surface area contributed by atoms with E-state index in [9.17, 15) is 50.6 Å². The monoisotopic (exact) mass is 1150 g/mol. The van der Waals surface area contributed by atoms with Gasteiger partial charge in [0.2, 0.25) is 11.8 Å². The number of benzene rings is 2. The molecule has 4 aliphatic rings. The molecule has 3 saturated heterocycles. The smallest absolute Gasteiger partial charge is 0.407 e. The van der Waals surface area contributed by atoms with Gasteiger partial charge in [-0.1, -0.05) is 24.0 Å². The van der Waals surface area contributed by atoms with E-state index >= 15 is 8.78 Å². The lowest BCUT2D eigenvalue weighted by molar-refractivity contribution is -0.221. The van der Waals surface area contributed by atoms with Crippen molar-refractivity contribution in [3.05, 3.63) is 94.2 Å². The number of nitrogens with one attached hydrogen (secondary N) is 6. The van der Waals surface area contributed by atoms with E-state index in [2.05, 4.69) is 46.8 Å². The maximum atomic E-state index is 16.0. The maximum Gasteiger partial charge on any atom is 0.407 e. The molecule has 0 radical (unpaired) electrons. The van der Waals surface area contributed by atoms with Gasteiger partial charge >= 0.3 is 24.5 Å². The van der Waals surface area contributed by atoms with Crippen LogP contribution in [0.3, 0.4) is 0 Å². The number of aliphatic hydroxyl groups is 1. The Kier molecular flexibility index (Phi) is 18.9. The Morgan fingerprint density at radius 3 is 1.79 bits per heavy atom. The van der Waals surface area contributed by atoms with Crippen LogP contribution in [0, 0.1) is 51.0 Å². The van der Waals surface area contributed by atoms with Gasteiger partial charge in [0.05, 0.1) is 56.5 Å². The lowest BCUT2D eigenvalue weighted by Crippen LogP contribution is -2.63. The normalized spacial score (nSPS) is 19.2. The molecule has 4 fully saturated rings. The van der Waals surface area contributed by atoms with E-state index in [1.807, 2.05) is 17.4 Å². The summed E-state index contributed by atoms with van der Waals surface area (Å²) in [5, 5.41) is 34.8. The average molecular weight is 1150 g/mol. The first kappa shape index (κ1) is 61.5. The number of piperazine rings is 1. The number of carbonyl (C=O) groups is 4. The summed E-state index contributed by atoms with van der Waals surface area (Å²) in [6, 6.07) is 5.72. The largest absolute Gasteiger partial charge is 0.453 e. The van der Waals surface area contributed by atoms with Gasteiger partial charge in [-0.25, -0.2) is 28.4 Å². The number of pyridine rings is 1. The van der Waals surface area contributed by atoms with Crippen molar-refractivity contribution in [3.8, 4) is 11.8 Å². The number of hydrogen-bond donors (Lipinski definition) is 7. The third kappa shape index (κ3) is 14.7. The number of alkyl halides is 6. The van der Waals surface area contributed by atoms with Crippen LogP contribution in [0.2, 0.25) is 0 Å². The Hall–Kier alpha value is -7.15. The van der Waals surface area contributed by atoms with Crippen molar-refractivity contribution in [2.45, 2.75) is 121 Å². The Labute approximate surface area is 461 Å². The van der Waals surface area contributed by atoms with Crippen LogP contribution in [-0.2, 0) is 41.5 Å². The molecule has 19 nitrogen and oxygen atoms in total. The number of aliphatic hydroxyl groups excluding tert-OH is 1. The molecule has 1 aromatic heterocycles. The summed E-state index contributed by atoms with van der Waals surface area (Å²) in [4.78, 5) is 62.5. The molecule has 2 aromatic carbocycles. The summed E-state index contributed by atoms with van der Waals surface area (Å²) in [5.74, 6) is -0.509. The molecule has 440 valence electrons. The van der Waals surface area contributed by atoms with Crippen LogP contribution >= 0.6 is 0 Å². The molecular weight excluding hydrogens is 1080 g/mol. The third-order valence-corrected chi connectivity index (χ3v) is 15.1. The zero-order valence-electron chi connectivity index (χ0n) is 45.1. The zero-order valence-corrected chi connectivity index (χ0v) is 45.1. The molecule has 0 spiro atoms. The van der Waals surface area contributed by atoms with Gasteiger partial charge in [0.15, 0.2) is 5.90 Å².